The number of carbonyl (C=O) groups is 5. The van der Waals surface area contributed by atoms with Gasteiger partial charge in [-0.05, 0) is 61.4 Å². The molecule has 3 N–H and O–H groups in total. The average Bonchev–Trinajstić information content (AvgIpc) is 3.71. The molecule has 5 rings (SSSR count). The first-order valence-corrected chi connectivity index (χ1v) is 16.5. The van der Waals surface area contributed by atoms with Crippen molar-refractivity contribution in [3.63, 3.8) is 0 Å². The Balaban J connectivity index is 1.25. The Hall–Kier alpha value is -5.14. The summed E-state index contributed by atoms with van der Waals surface area (Å²) >= 11 is 2.52. The van der Waals surface area contributed by atoms with E-state index in [0.29, 0.717) is 52.0 Å². The molecule has 11 nitrogen and oxygen atoms in total. The molecule has 0 saturated carbocycles. The van der Waals surface area contributed by atoms with E-state index < -0.39 is 17.8 Å². The first kappa shape index (κ1) is 33.2. The molecule has 4 amide bonds. The van der Waals surface area contributed by atoms with Gasteiger partial charge < -0.3 is 30.0 Å². The maximum Gasteiger partial charge on any atom is 0.341 e. The number of benzene rings is 2. The van der Waals surface area contributed by atoms with Crippen molar-refractivity contribution >= 4 is 69.5 Å². The summed E-state index contributed by atoms with van der Waals surface area (Å²) in [6.45, 7) is 4.28. The van der Waals surface area contributed by atoms with E-state index in [-0.39, 0.29) is 29.9 Å². The Bertz CT molecular complexity index is 1820. The molecule has 2 aromatic carbocycles. The fourth-order valence-corrected chi connectivity index (χ4v) is 6.83. The van der Waals surface area contributed by atoms with Crippen molar-refractivity contribution in [3.05, 3.63) is 106 Å². The standard InChI is InChI=1S/C34H32N4O7S2/c1-3-44-34(43)30-26-14-15-38(21(2)39)19-28(26)47-33(30)37-29(40)20-46-25-13-7-11-23(17-25)35-32(42)27(18-24-12-8-16-45-24)36-31(41)22-9-5-4-6-10-22/h4-13,16-18H,3,14-15,19-20H2,1-2H3,(H,35,42)(H,36,41)(H,37,40)/b27-18-. The first-order valence-electron chi connectivity index (χ1n) is 14.7. The van der Waals surface area contributed by atoms with Gasteiger partial charge in [-0.1, -0.05) is 24.3 Å². The molecule has 0 saturated heterocycles. The lowest BCUT2D eigenvalue weighted by Gasteiger charge is -2.25. The monoisotopic (exact) mass is 672 g/mol. The van der Waals surface area contributed by atoms with Crippen molar-refractivity contribution in [1.82, 2.24) is 10.2 Å². The van der Waals surface area contributed by atoms with E-state index in [0.717, 1.165) is 10.4 Å². The van der Waals surface area contributed by atoms with Crippen molar-refractivity contribution in [1.29, 1.82) is 0 Å². The molecule has 0 fully saturated rings. The summed E-state index contributed by atoms with van der Waals surface area (Å²) in [5, 5.41) is 8.72. The molecule has 13 heteroatoms. The summed E-state index contributed by atoms with van der Waals surface area (Å²) in [5.41, 5.74) is 1.96. The summed E-state index contributed by atoms with van der Waals surface area (Å²) in [4.78, 5) is 67.2. The summed E-state index contributed by atoms with van der Waals surface area (Å²) in [7, 11) is 0. The van der Waals surface area contributed by atoms with Crippen LogP contribution in [0.2, 0.25) is 0 Å². The zero-order chi connectivity index (χ0) is 33.3. The van der Waals surface area contributed by atoms with Crippen molar-refractivity contribution in [2.75, 3.05) is 29.5 Å². The minimum Gasteiger partial charge on any atom is -0.465 e. The van der Waals surface area contributed by atoms with Crippen LogP contribution >= 0.6 is 23.1 Å². The van der Waals surface area contributed by atoms with Crippen molar-refractivity contribution < 1.29 is 33.1 Å². The molecule has 4 aromatic rings. The second-order valence-corrected chi connectivity index (χ2v) is 12.5. The summed E-state index contributed by atoms with van der Waals surface area (Å²) in [6, 6.07) is 18.8. The normalized spacial score (nSPS) is 12.6. The lowest BCUT2D eigenvalue weighted by atomic mass is 10.0. The van der Waals surface area contributed by atoms with Crippen molar-refractivity contribution in [2.24, 2.45) is 0 Å². The third-order valence-electron chi connectivity index (χ3n) is 7.06. The highest BCUT2D eigenvalue weighted by Crippen LogP contribution is 2.38. The maximum atomic E-state index is 13.3. The number of anilines is 2. The highest BCUT2D eigenvalue weighted by molar-refractivity contribution is 8.00. The molecule has 0 aliphatic carbocycles. The average molecular weight is 673 g/mol. The van der Waals surface area contributed by atoms with Crippen LogP contribution in [0.25, 0.3) is 6.08 Å². The van der Waals surface area contributed by atoms with Gasteiger partial charge in [0.2, 0.25) is 11.8 Å². The Morgan fingerprint density at radius 1 is 1.02 bits per heavy atom. The lowest BCUT2D eigenvalue weighted by molar-refractivity contribution is -0.129. The number of ether oxygens (including phenoxy) is 1. The molecular formula is C34H32N4O7S2. The lowest BCUT2D eigenvalue weighted by Crippen LogP contribution is -2.34. The van der Waals surface area contributed by atoms with E-state index >= 15 is 0 Å². The van der Waals surface area contributed by atoms with Crippen LogP contribution in [0.15, 0.2) is 88.0 Å². The largest absolute Gasteiger partial charge is 0.465 e. The van der Waals surface area contributed by atoms with Crippen molar-refractivity contribution in [2.45, 2.75) is 31.7 Å². The van der Waals surface area contributed by atoms with Gasteiger partial charge in [-0.15, -0.1) is 23.1 Å². The minimum atomic E-state index is -0.568. The third kappa shape index (κ3) is 8.57. The highest BCUT2D eigenvalue weighted by atomic mass is 32.2. The molecule has 0 bridgehead atoms. The fraction of sp³-hybridized carbons (Fsp3) is 0.206. The Kier molecular flexibility index (Phi) is 10.9. The van der Waals surface area contributed by atoms with Gasteiger partial charge in [-0.2, -0.15) is 0 Å². The number of hydrogen-bond donors (Lipinski definition) is 3. The van der Waals surface area contributed by atoms with Gasteiger partial charge in [0.1, 0.15) is 16.5 Å². The second-order valence-electron chi connectivity index (χ2n) is 10.3. The molecule has 1 aliphatic heterocycles. The molecule has 242 valence electrons. The van der Waals surface area contributed by atoms with E-state index in [1.165, 1.54) is 42.4 Å². The number of fused-ring (bicyclic) bond motifs is 1. The number of esters is 1. The molecule has 1 aliphatic rings. The van der Waals surface area contributed by atoms with Gasteiger partial charge in [0, 0.05) is 40.6 Å². The number of thioether (sulfide) groups is 1. The molecule has 2 aromatic heterocycles. The highest BCUT2D eigenvalue weighted by Gasteiger charge is 2.30. The maximum absolute atomic E-state index is 13.3. The number of amides is 4. The quantitative estimate of drug-likeness (QED) is 0.107. The SMILES string of the molecule is CCOC(=O)c1c(NC(=O)CSc2cccc(NC(=O)/C(=C/c3ccco3)NC(=O)c3ccccc3)c2)sc2c1CCN(C(C)=O)C2. The smallest absolute Gasteiger partial charge is 0.341 e. The fourth-order valence-electron chi connectivity index (χ4n) is 4.81. The number of rotatable bonds is 11. The predicted octanol–water partition coefficient (Wildman–Crippen LogP) is 5.56. The Morgan fingerprint density at radius 3 is 2.55 bits per heavy atom. The van der Waals surface area contributed by atoms with Crippen LogP contribution in [0.1, 0.15) is 50.8 Å². The van der Waals surface area contributed by atoms with Gasteiger partial charge in [0.05, 0.1) is 30.7 Å². The zero-order valence-corrected chi connectivity index (χ0v) is 27.3. The third-order valence-corrected chi connectivity index (χ3v) is 9.18. The topological polar surface area (TPSA) is 147 Å². The first-order chi connectivity index (χ1) is 22.7. The molecule has 0 radical (unpaired) electrons. The van der Waals surface area contributed by atoms with Crippen LogP contribution in [-0.4, -0.2) is 53.4 Å². The summed E-state index contributed by atoms with van der Waals surface area (Å²) < 4.78 is 10.6. The zero-order valence-electron chi connectivity index (χ0n) is 25.7. The van der Waals surface area contributed by atoms with Crippen LogP contribution in [0.3, 0.4) is 0 Å². The molecule has 3 heterocycles. The van der Waals surface area contributed by atoms with E-state index in [1.807, 2.05) is 0 Å². The molecule has 0 spiro atoms. The van der Waals surface area contributed by atoms with E-state index in [4.69, 9.17) is 9.15 Å². The van der Waals surface area contributed by atoms with Crippen LogP contribution in [-0.2, 0) is 32.1 Å². The van der Waals surface area contributed by atoms with Crippen LogP contribution in [0.5, 0.6) is 0 Å². The van der Waals surface area contributed by atoms with Gasteiger partial charge in [0.15, 0.2) is 0 Å². The van der Waals surface area contributed by atoms with E-state index in [2.05, 4.69) is 16.0 Å². The van der Waals surface area contributed by atoms with Crippen LogP contribution in [0, 0.1) is 0 Å². The Labute approximate surface area is 279 Å². The number of nitrogens with zero attached hydrogens (tertiary/aromatic N) is 1. The van der Waals surface area contributed by atoms with Crippen LogP contribution in [0.4, 0.5) is 10.7 Å². The number of thiophene rings is 1. The van der Waals surface area contributed by atoms with Gasteiger partial charge in [-0.3, -0.25) is 19.2 Å². The van der Waals surface area contributed by atoms with E-state index in [1.54, 1.807) is 78.6 Å². The summed E-state index contributed by atoms with van der Waals surface area (Å²) in [6.07, 6.45) is 3.39. The van der Waals surface area contributed by atoms with Gasteiger partial charge in [-0.25, -0.2) is 4.79 Å². The van der Waals surface area contributed by atoms with Crippen molar-refractivity contribution in [3.8, 4) is 0 Å². The van der Waals surface area contributed by atoms with Gasteiger partial charge >= 0.3 is 5.97 Å². The number of hydrogen-bond acceptors (Lipinski definition) is 9. The number of nitrogens with one attached hydrogen (secondary N) is 3. The molecular weight excluding hydrogens is 641 g/mol. The molecule has 0 atom stereocenters. The van der Waals surface area contributed by atoms with Gasteiger partial charge in [0.25, 0.3) is 11.8 Å². The van der Waals surface area contributed by atoms with Crippen LogP contribution < -0.4 is 16.0 Å². The van der Waals surface area contributed by atoms with E-state index in [9.17, 15) is 24.0 Å². The number of carbonyl (C=O) groups excluding carboxylic acids is 5. The second kappa shape index (κ2) is 15.4. The summed E-state index contributed by atoms with van der Waals surface area (Å²) in [5.74, 6) is -1.50. The number of furan rings is 1. The molecule has 47 heavy (non-hydrogen) atoms. The predicted molar refractivity (Wildman–Crippen MR) is 180 cm³/mol. The minimum absolute atomic E-state index is 0.0197. The molecule has 0 unspecified atom stereocenters. The Morgan fingerprint density at radius 2 is 1.83 bits per heavy atom.